The number of aromatic amines is 1. The first-order valence-electron chi connectivity index (χ1n) is 7.98. The van der Waals surface area contributed by atoms with Crippen molar-refractivity contribution < 1.29 is 9.66 Å². The van der Waals surface area contributed by atoms with E-state index >= 15 is 0 Å². The second-order valence-electron chi connectivity index (χ2n) is 5.98. The van der Waals surface area contributed by atoms with E-state index in [1.807, 2.05) is 6.07 Å². The highest BCUT2D eigenvalue weighted by Gasteiger charge is 2.37. The van der Waals surface area contributed by atoms with E-state index in [0.29, 0.717) is 10.9 Å². The van der Waals surface area contributed by atoms with E-state index in [1.54, 1.807) is 30.3 Å². The summed E-state index contributed by atoms with van der Waals surface area (Å²) >= 11 is 0. The number of ether oxygens (including phenoxy) is 1. The molecule has 0 radical (unpaired) electrons. The minimum Gasteiger partial charge on any atom is -0.439 e. The summed E-state index contributed by atoms with van der Waals surface area (Å²) in [5.41, 5.74) is 6.07. The van der Waals surface area contributed by atoms with Crippen LogP contribution >= 0.6 is 0 Å². The van der Waals surface area contributed by atoms with Crippen LogP contribution in [-0.4, -0.2) is 9.91 Å². The molecular formula is C19H12N4O4. The number of pyridine rings is 1. The Labute approximate surface area is 152 Å². The fraction of sp³-hybridized carbons (Fsp3) is 0.0526. The molecule has 1 aromatic heterocycles. The molecule has 0 spiro atoms. The fourth-order valence-electron chi connectivity index (χ4n) is 3.38. The number of fused-ring (bicyclic) bond motifs is 3. The molecule has 132 valence electrons. The third kappa shape index (κ3) is 2.41. The SMILES string of the molecule is N#CC1=C(N)Oc2c(c(=O)[nH]c3ccccc23)C1c1ccccc1[N+](=O)[O-]. The molecule has 1 atom stereocenters. The third-order valence-corrected chi connectivity index (χ3v) is 4.53. The number of nitrogens with one attached hydrogen (secondary N) is 1. The van der Waals surface area contributed by atoms with Crippen molar-refractivity contribution in [2.75, 3.05) is 0 Å². The van der Waals surface area contributed by atoms with Gasteiger partial charge in [-0.2, -0.15) is 5.26 Å². The van der Waals surface area contributed by atoms with Crippen LogP contribution in [0.1, 0.15) is 17.0 Å². The van der Waals surface area contributed by atoms with Gasteiger partial charge in [-0.25, -0.2) is 0 Å². The number of para-hydroxylation sites is 2. The predicted octanol–water partition coefficient (Wildman–Crippen LogP) is 2.65. The van der Waals surface area contributed by atoms with Crippen LogP contribution in [0, 0.1) is 21.4 Å². The molecule has 2 heterocycles. The number of benzene rings is 2. The Morgan fingerprint density at radius 3 is 2.63 bits per heavy atom. The molecule has 8 heteroatoms. The van der Waals surface area contributed by atoms with Crippen LogP contribution in [0.5, 0.6) is 5.75 Å². The molecule has 0 saturated carbocycles. The molecule has 1 aliphatic heterocycles. The normalized spacial score (nSPS) is 15.7. The zero-order chi connectivity index (χ0) is 19.1. The van der Waals surface area contributed by atoms with Gasteiger partial charge < -0.3 is 15.5 Å². The first kappa shape index (κ1) is 16.4. The van der Waals surface area contributed by atoms with E-state index < -0.39 is 16.4 Å². The van der Waals surface area contributed by atoms with Crippen LogP contribution in [0.4, 0.5) is 5.69 Å². The number of hydrogen-bond donors (Lipinski definition) is 2. The van der Waals surface area contributed by atoms with Gasteiger partial charge in [0, 0.05) is 17.0 Å². The van der Waals surface area contributed by atoms with Crippen molar-refractivity contribution in [3.63, 3.8) is 0 Å². The van der Waals surface area contributed by atoms with Gasteiger partial charge in [0.25, 0.3) is 11.2 Å². The van der Waals surface area contributed by atoms with Gasteiger partial charge in [0.1, 0.15) is 17.4 Å². The highest BCUT2D eigenvalue weighted by atomic mass is 16.6. The van der Waals surface area contributed by atoms with Gasteiger partial charge >= 0.3 is 0 Å². The van der Waals surface area contributed by atoms with Crippen LogP contribution in [0.2, 0.25) is 0 Å². The second kappa shape index (κ2) is 6.00. The largest absolute Gasteiger partial charge is 0.439 e. The highest BCUT2D eigenvalue weighted by Crippen LogP contribution is 2.45. The number of nitro benzene ring substituents is 1. The lowest BCUT2D eigenvalue weighted by molar-refractivity contribution is -0.385. The Kier molecular flexibility index (Phi) is 3.63. The van der Waals surface area contributed by atoms with E-state index in [-0.39, 0.29) is 34.0 Å². The maximum Gasteiger partial charge on any atom is 0.273 e. The number of nitro groups is 1. The van der Waals surface area contributed by atoms with Gasteiger partial charge in [0.2, 0.25) is 5.88 Å². The number of nitrogens with two attached hydrogens (primary N) is 1. The number of allylic oxidation sites excluding steroid dienone is 1. The lowest BCUT2D eigenvalue weighted by Crippen LogP contribution is -2.28. The smallest absolute Gasteiger partial charge is 0.273 e. The molecule has 2 aromatic carbocycles. The lowest BCUT2D eigenvalue weighted by atomic mass is 9.82. The Bertz CT molecular complexity index is 1240. The Balaban J connectivity index is 2.12. The Morgan fingerprint density at radius 1 is 1.19 bits per heavy atom. The van der Waals surface area contributed by atoms with Crippen molar-refractivity contribution in [1.29, 1.82) is 5.26 Å². The Morgan fingerprint density at radius 2 is 1.89 bits per heavy atom. The summed E-state index contributed by atoms with van der Waals surface area (Å²) in [6.45, 7) is 0. The molecule has 1 unspecified atom stereocenters. The standard InChI is InChI=1S/C19H12N4O4/c20-9-12-15(11-6-2-4-8-14(11)23(25)26)16-17(27-18(12)21)10-5-1-3-7-13(10)22-19(16)24/h1-8,15H,21H2,(H,22,24). The number of rotatable bonds is 2. The molecule has 27 heavy (non-hydrogen) atoms. The van der Waals surface area contributed by atoms with E-state index in [0.717, 1.165) is 0 Å². The van der Waals surface area contributed by atoms with Crippen molar-refractivity contribution in [2.45, 2.75) is 5.92 Å². The number of nitriles is 1. The predicted molar refractivity (Wildman–Crippen MR) is 97.0 cm³/mol. The van der Waals surface area contributed by atoms with Crippen LogP contribution in [0.3, 0.4) is 0 Å². The molecule has 8 nitrogen and oxygen atoms in total. The molecule has 0 amide bonds. The number of aromatic nitrogens is 1. The lowest BCUT2D eigenvalue weighted by Gasteiger charge is -2.26. The topological polar surface area (TPSA) is 135 Å². The summed E-state index contributed by atoms with van der Waals surface area (Å²) in [6, 6.07) is 14.9. The second-order valence-corrected chi connectivity index (χ2v) is 5.98. The number of H-pyrrole nitrogens is 1. The minimum absolute atomic E-state index is 0.0439. The zero-order valence-electron chi connectivity index (χ0n) is 13.8. The van der Waals surface area contributed by atoms with E-state index in [1.165, 1.54) is 18.2 Å². The summed E-state index contributed by atoms with van der Waals surface area (Å²) in [5.74, 6) is -0.980. The van der Waals surface area contributed by atoms with Crippen LogP contribution in [-0.2, 0) is 0 Å². The van der Waals surface area contributed by atoms with Crippen molar-refractivity contribution in [1.82, 2.24) is 4.98 Å². The van der Waals surface area contributed by atoms with Crippen molar-refractivity contribution in [3.8, 4) is 11.8 Å². The summed E-state index contributed by atoms with van der Waals surface area (Å²) in [5, 5.41) is 21.7. The molecule has 4 rings (SSSR count). The summed E-state index contributed by atoms with van der Waals surface area (Å²) < 4.78 is 5.63. The van der Waals surface area contributed by atoms with Gasteiger partial charge in [0.15, 0.2) is 0 Å². The maximum absolute atomic E-state index is 12.8. The number of hydrogen-bond acceptors (Lipinski definition) is 6. The molecule has 1 aliphatic rings. The van der Waals surface area contributed by atoms with Crippen molar-refractivity contribution >= 4 is 16.6 Å². The van der Waals surface area contributed by atoms with Gasteiger partial charge in [-0.15, -0.1) is 0 Å². The van der Waals surface area contributed by atoms with Crippen molar-refractivity contribution in [2.24, 2.45) is 5.73 Å². The van der Waals surface area contributed by atoms with Crippen LogP contribution < -0.4 is 16.0 Å². The summed E-state index contributed by atoms with van der Waals surface area (Å²) in [7, 11) is 0. The summed E-state index contributed by atoms with van der Waals surface area (Å²) in [4.78, 5) is 26.5. The molecule has 0 aliphatic carbocycles. The first-order valence-corrected chi connectivity index (χ1v) is 7.98. The van der Waals surface area contributed by atoms with Gasteiger partial charge in [-0.05, 0) is 12.1 Å². The monoisotopic (exact) mass is 360 g/mol. The van der Waals surface area contributed by atoms with E-state index in [4.69, 9.17) is 10.5 Å². The van der Waals surface area contributed by atoms with Gasteiger partial charge in [-0.1, -0.05) is 30.3 Å². The highest BCUT2D eigenvalue weighted by molar-refractivity contribution is 5.87. The quantitative estimate of drug-likeness (QED) is 0.533. The average molecular weight is 360 g/mol. The summed E-state index contributed by atoms with van der Waals surface area (Å²) in [6.07, 6.45) is 0. The molecule has 3 N–H and O–H groups in total. The molecule has 0 bridgehead atoms. The average Bonchev–Trinajstić information content (AvgIpc) is 2.67. The van der Waals surface area contributed by atoms with Gasteiger partial charge in [0.05, 0.1) is 21.9 Å². The maximum atomic E-state index is 12.8. The van der Waals surface area contributed by atoms with Crippen LogP contribution in [0.15, 0.2) is 64.8 Å². The third-order valence-electron chi connectivity index (χ3n) is 4.53. The molecular weight excluding hydrogens is 348 g/mol. The van der Waals surface area contributed by atoms with Crippen molar-refractivity contribution in [3.05, 3.63) is 91.6 Å². The van der Waals surface area contributed by atoms with Crippen LogP contribution in [0.25, 0.3) is 10.9 Å². The first-order chi connectivity index (χ1) is 13.0. The van der Waals surface area contributed by atoms with Gasteiger partial charge in [-0.3, -0.25) is 14.9 Å². The molecule has 3 aromatic rings. The number of nitrogens with zero attached hydrogens (tertiary/aromatic N) is 2. The van der Waals surface area contributed by atoms with E-state index in [2.05, 4.69) is 4.98 Å². The molecule has 0 fully saturated rings. The zero-order valence-corrected chi connectivity index (χ0v) is 13.8. The fourth-order valence-corrected chi connectivity index (χ4v) is 3.38. The van der Waals surface area contributed by atoms with E-state index in [9.17, 15) is 20.2 Å². The molecule has 0 saturated heterocycles. The Hall–Kier alpha value is -4.12. The minimum atomic E-state index is -1.01.